The van der Waals surface area contributed by atoms with Gasteiger partial charge in [-0.05, 0) is 37.8 Å². The molecule has 0 saturated heterocycles. The highest BCUT2D eigenvalue weighted by Gasteiger charge is 2.38. The van der Waals surface area contributed by atoms with Crippen molar-refractivity contribution in [1.29, 1.82) is 0 Å². The van der Waals surface area contributed by atoms with Crippen LogP contribution < -0.4 is 11.5 Å². The number of carbonyl (C=O) groups excluding carboxylic acids is 2. The van der Waals surface area contributed by atoms with Gasteiger partial charge in [0.25, 0.3) is 0 Å². The summed E-state index contributed by atoms with van der Waals surface area (Å²) >= 11 is 0. The number of benzene rings is 1. The fourth-order valence-corrected chi connectivity index (χ4v) is 3.30. The fraction of sp³-hybridized carbons (Fsp3) is 0.333. The smallest absolute Gasteiger partial charge is 0.250 e. The Morgan fingerprint density at radius 2 is 2.04 bits per heavy atom. The van der Waals surface area contributed by atoms with Gasteiger partial charge < -0.3 is 11.5 Å². The third kappa shape index (κ3) is 2.37. The van der Waals surface area contributed by atoms with Crippen molar-refractivity contribution in [2.75, 3.05) is 0 Å². The van der Waals surface area contributed by atoms with E-state index in [-0.39, 0.29) is 11.8 Å². The fourth-order valence-electron chi connectivity index (χ4n) is 3.30. The Bertz CT molecular complexity index is 746. The Hall–Kier alpha value is -2.40. The zero-order valence-electron chi connectivity index (χ0n) is 13.4. The monoisotopic (exact) mass is 311 g/mol. The first-order chi connectivity index (χ1) is 10.9. The van der Waals surface area contributed by atoms with E-state index in [2.05, 4.69) is 0 Å². The molecular weight excluding hydrogens is 290 g/mol. The lowest BCUT2D eigenvalue weighted by Gasteiger charge is -2.29. The number of nitrogens with zero attached hydrogens (tertiary/aromatic N) is 1. The molecule has 0 bridgehead atoms. The van der Waals surface area contributed by atoms with Gasteiger partial charge in [-0.1, -0.05) is 30.3 Å². The van der Waals surface area contributed by atoms with Crippen LogP contribution in [0.4, 0.5) is 0 Å². The van der Waals surface area contributed by atoms with Crippen molar-refractivity contribution in [2.45, 2.75) is 38.6 Å². The van der Waals surface area contributed by atoms with Crippen LogP contribution in [0.5, 0.6) is 0 Å². The molecule has 0 fully saturated rings. The second kappa shape index (κ2) is 5.66. The van der Waals surface area contributed by atoms with Crippen molar-refractivity contribution in [3.8, 4) is 0 Å². The number of imide groups is 1. The third-order valence-electron chi connectivity index (χ3n) is 4.49. The van der Waals surface area contributed by atoms with Crippen LogP contribution in [0.2, 0.25) is 0 Å². The van der Waals surface area contributed by atoms with Gasteiger partial charge in [-0.2, -0.15) is 0 Å². The van der Waals surface area contributed by atoms with E-state index in [9.17, 15) is 9.59 Å². The van der Waals surface area contributed by atoms with Gasteiger partial charge in [0.2, 0.25) is 11.8 Å². The van der Waals surface area contributed by atoms with Crippen LogP contribution in [0.3, 0.4) is 0 Å². The molecule has 2 amide bonds. The summed E-state index contributed by atoms with van der Waals surface area (Å²) in [5, 5.41) is 0. The Kier molecular flexibility index (Phi) is 3.82. The molecule has 0 radical (unpaired) electrons. The van der Waals surface area contributed by atoms with Crippen LogP contribution in [0.15, 0.2) is 41.7 Å². The first-order valence-corrected chi connectivity index (χ1v) is 7.85. The summed E-state index contributed by atoms with van der Waals surface area (Å²) in [7, 11) is 0. The van der Waals surface area contributed by atoms with Crippen LogP contribution in [0.25, 0.3) is 5.57 Å². The molecule has 5 heteroatoms. The molecule has 2 aliphatic rings. The molecule has 3 rings (SSSR count). The van der Waals surface area contributed by atoms with Crippen molar-refractivity contribution in [2.24, 2.45) is 11.5 Å². The Labute approximate surface area is 135 Å². The molecule has 120 valence electrons. The van der Waals surface area contributed by atoms with Gasteiger partial charge in [0.15, 0.2) is 0 Å². The van der Waals surface area contributed by atoms with Gasteiger partial charge in [0.05, 0.1) is 12.0 Å². The van der Waals surface area contributed by atoms with E-state index in [1.54, 1.807) is 6.92 Å². The molecule has 1 aromatic rings. The molecule has 0 saturated carbocycles. The van der Waals surface area contributed by atoms with E-state index in [4.69, 9.17) is 11.5 Å². The Balaban J connectivity index is 2.30. The van der Waals surface area contributed by atoms with Crippen molar-refractivity contribution in [3.63, 3.8) is 0 Å². The van der Waals surface area contributed by atoms with Crippen molar-refractivity contribution in [3.05, 3.63) is 52.9 Å². The minimum absolute atomic E-state index is 0.237. The predicted molar refractivity (Wildman–Crippen MR) is 88.8 cm³/mol. The first kappa shape index (κ1) is 15.5. The summed E-state index contributed by atoms with van der Waals surface area (Å²) in [6, 6.07) is 6.96. The van der Waals surface area contributed by atoms with E-state index in [1.165, 1.54) is 4.90 Å². The molecule has 0 spiro atoms. The highest BCUT2D eigenvalue weighted by Crippen LogP contribution is 2.41. The summed E-state index contributed by atoms with van der Waals surface area (Å²) in [4.78, 5) is 26.8. The standard InChI is InChI=1S/C18H21N3O2/c1-10-12-6-3-4-7-13(12)16-14(20)8-5-9-15(16)21(17(10)22)18(23)11(2)19/h3-4,6-8,10-11H,5,9,19-20H2,1-2H3/t10-,11+/m1/s1. The molecule has 0 aromatic heterocycles. The Morgan fingerprint density at radius 1 is 1.35 bits per heavy atom. The van der Waals surface area contributed by atoms with E-state index in [0.29, 0.717) is 24.2 Å². The molecule has 5 nitrogen and oxygen atoms in total. The van der Waals surface area contributed by atoms with Crippen LogP contribution in [0.1, 0.15) is 43.7 Å². The van der Waals surface area contributed by atoms with Gasteiger partial charge in [0.1, 0.15) is 0 Å². The predicted octanol–water partition coefficient (Wildman–Crippen LogP) is 1.85. The van der Waals surface area contributed by atoms with E-state index < -0.39 is 12.0 Å². The molecule has 1 heterocycles. The normalized spacial score (nSPS) is 22.0. The van der Waals surface area contributed by atoms with Gasteiger partial charge in [0, 0.05) is 17.0 Å². The van der Waals surface area contributed by atoms with Crippen LogP contribution >= 0.6 is 0 Å². The highest BCUT2D eigenvalue weighted by atomic mass is 16.2. The second-order valence-corrected chi connectivity index (χ2v) is 6.13. The SMILES string of the molecule is C[C@H](N)C(=O)N1C(=O)[C@H](C)c2ccccc2C2=C1CCC=C2N. The molecular formula is C18H21N3O2. The second-order valence-electron chi connectivity index (χ2n) is 6.13. The number of hydrogen-bond donors (Lipinski definition) is 2. The largest absolute Gasteiger partial charge is 0.398 e. The molecule has 1 aliphatic heterocycles. The van der Waals surface area contributed by atoms with Crippen LogP contribution in [-0.2, 0) is 9.59 Å². The minimum atomic E-state index is -0.742. The topological polar surface area (TPSA) is 89.4 Å². The minimum Gasteiger partial charge on any atom is -0.398 e. The van der Waals surface area contributed by atoms with Crippen LogP contribution in [-0.4, -0.2) is 22.8 Å². The lowest BCUT2D eigenvalue weighted by Crippen LogP contribution is -2.46. The molecule has 0 unspecified atom stereocenters. The summed E-state index contributed by atoms with van der Waals surface area (Å²) in [6.45, 7) is 3.42. The maximum absolute atomic E-state index is 13.0. The lowest BCUT2D eigenvalue weighted by molar-refractivity contribution is -0.143. The maximum Gasteiger partial charge on any atom is 0.250 e. The molecule has 2 atom stereocenters. The van der Waals surface area contributed by atoms with E-state index in [0.717, 1.165) is 16.7 Å². The quantitative estimate of drug-likeness (QED) is 0.828. The zero-order valence-corrected chi connectivity index (χ0v) is 13.4. The number of hydrogen-bond acceptors (Lipinski definition) is 4. The molecule has 4 N–H and O–H groups in total. The number of rotatable bonds is 1. The van der Waals surface area contributed by atoms with Crippen molar-refractivity contribution < 1.29 is 9.59 Å². The number of fused-ring (bicyclic) bond motifs is 2. The summed E-state index contributed by atoms with van der Waals surface area (Å²) in [5.41, 5.74) is 15.9. The molecule has 1 aromatic carbocycles. The van der Waals surface area contributed by atoms with E-state index >= 15 is 0 Å². The van der Waals surface area contributed by atoms with Gasteiger partial charge in [-0.3, -0.25) is 14.5 Å². The average Bonchev–Trinajstić information content (AvgIpc) is 2.62. The molecule has 1 aliphatic carbocycles. The van der Waals surface area contributed by atoms with Crippen molar-refractivity contribution in [1.82, 2.24) is 4.90 Å². The number of nitrogens with two attached hydrogens (primary N) is 2. The van der Waals surface area contributed by atoms with Gasteiger partial charge >= 0.3 is 0 Å². The van der Waals surface area contributed by atoms with Gasteiger partial charge in [-0.15, -0.1) is 0 Å². The first-order valence-electron chi connectivity index (χ1n) is 7.85. The lowest BCUT2D eigenvalue weighted by atomic mass is 9.88. The zero-order chi connectivity index (χ0) is 16.7. The summed E-state index contributed by atoms with van der Waals surface area (Å²) in [5.74, 6) is -1.04. The maximum atomic E-state index is 13.0. The number of allylic oxidation sites excluding steroid dienone is 3. The van der Waals surface area contributed by atoms with Crippen molar-refractivity contribution >= 4 is 17.4 Å². The van der Waals surface area contributed by atoms with Crippen LogP contribution in [0, 0.1) is 0 Å². The number of carbonyl (C=O) groups is 2. The molecule has 23 heavy (non-hydrogen) atoms. The third-order valence-corrected chi connectivity index (χ3v) is 4.49. The summed E-state index contributed by atoms with van der Waals surface area (Å²) in [6.07, 6.45) is 3.25. The summed E-state index contributed by atoms with van der Waals surface area (Å²) < 4.78 is 0. The average molecular weight is 311 g/mol. The highest BCUT2D eigenvalue weighted by molar-refractivity contribution is 6.06. The Morgan fingerprint density at radius 3 is 2.74 bits per heavy atom. The van der Waals surface area contributed by atoms with Gasteiger partial charge in [-0.25, -0.2) is 0 Å². The number of amides is 2. The van der Waals surface area contributed by atoms with E-state index in [1.807, 2.05) is 37.3 Å².